The van der Waals surface area contributed by atoms with E-state index >= 15 is 0 Å². The first-order valence-corrected chi connectivity index (χ1v) is 6.34. The molecule has 0 saturated heterocycles. The van der Waals surface area contributed by atoms with Gasteiger partial charge >= 0.3 is 0 Å². The average Bonchev–Trinajstić information content (AvgIpc) is 2.42. The number of carbonyl (C=O) groups is 1. The molecule has 0 saturated carbocycles. The molecule has 1 N–H and O–H groups in total. The van der Waals surface area contributed by atoms with Crippen molar-refractivity contribution >= 4 is 11.5 Å². The van der Waals surface area contributed by atoms with Crippen molar-refractivity contribution in [2.75, 3.05) is 5.32 Å². The monoisotopic (exact) mass is 255 g/mol. The fraction of sp³-hybridized carbons (Fsp3) is 0.188. The average molecular weight is 255 g/mol. The van der Waals surface area contributed by atoms with Crippen molar-refractivity contribution in [3.8, 4) is 0 Å². The number of rotatable bonds is 2. The first-order valence-electron chi connectivity index (χ1n) is 6.34. The molecule has 0 fully saturated rings. The van der Waals surface area contributed by atoms with Crippen LogP contribution in [0.3, 0.4) is 0 Å². The third kappa shape index (κ3) is 2.50. The molecular weight excluding hydrogens is 241 g/mol. The van der Waals surface area contributed by atoms with Gasteiger partial charge < -0.3 is 5.32 Å². The highest BCUT2D eigenvalue weighted by Crippen LogP contribution is 2.24. The van der Waals surface area contributed by atoms with Gasteiger partial charge in [-0.15, -0.1) is 0 Å². The molecule has 0 bridgehead atoms. The van der Waals surface area contributed by atoms with Gasteiger partial charge in [-0.2, -0.15) is 0 Å². The van der Waals surface area contributed by atoms with Crippen LogP contribution in [0.25, 0.3) is 0 Å². The molecule has 2 aromatic rings. The molecule has 0 amide bonds. The number of Topliss-reactive ketones (excluding diaryl/α,β-unsaturated/α-hetero) is 1. The number of hydrogen-bond acceptors (Lipinski definition) is 2. The third-order valence-electron chi connectivity index (χ3n) is 3.45. The fourth-order valence-electron chi connectivity index (χ4n) is 2.42. The van der Waals surface area contributed by atoms with E-state index in [1.54, 1.807) is 12.1 Å². The first-order chi connectivity index (χ1) is 9.22. The Kier molecular flexibility index (Phi) is 3.03. The Morgan fingerprint density at radius 3 is 2.63 bits per heavy atom. The molecule has 0 radical (unpaired) electrons. The molecule has 1 aliphatic heterocycles. The molecule has 3 heteroatoms. The predicted octanol–water partition coefficient (Wildman–Crippen LogP) is 2.97. The molecule has 1 atom stereocenters. The molecular formula is C16H14FNO. The van der Waals surface area contributed by atoms with Crippen LogP contribution in [0.4, 0.5) is 10.1 Å². The lowest BCUT2D eigenvalue weighted by atomic mass is 9.93. The van der Waals surface area contributed by atoms with Crippen LogP contribution < -0.4 is 5.32 Å². The second-order valence-electron chi connectivity index (χ2n) is 4.83. The number of para-hydroxylation sites is 1. The van der Waals surface area contributed by atoms with Gasteiger partial charge in [0, 0.05) is 12.1 Å². The SMILES string of the molecule is O=C1Cc2ccccc2N[C@@H]1Cc1ccc(F)cc1. The Labute approximate surface area is 111 Å². The molecule has 1 aliphatic rings. The van der Waals surface area contributed by atoms with Crippen molar-refractivity contribution in [3.63, 3.8) is 0 Å². The van der Waals surface area contributed by atoms with Crippen LogP contribution in [0.15, 0.2) is 48.5 Å². The van der Waals surface area contributed by atoms with Crippen molar-refractivity contribution in [1.82, 2.24) is 0 Å². The number of fused-ring (bicyclic) bond motifs is 1. The van der Waals surface area contributed by atoms with Gasteiger partial charge in [-0.05, 0) is 35.7 Å². The normalized spacial score (nSPS) is 17.7. The van der Waals surface area contributed by atoms with Crippen molar-refractivity contribution in [2.45, 2.75) is 18.9 Å². The van der Waals surface area contributed by atoms with E-state index in [2.05, 4.69) is 5.32 Å². The summed E-state index contributed by atoms with van der Waals surface area (Å²) in [6.45, 7) is 0. The minimum absolute atomic E-state index is 0.183. The molecule has 0 unspecified atom stereocenters. The minimum Gasteiger partial charge on any atom is -0.375 e. The molecule has 19 heavy (non-hydrogen) atoms. The fourth-order valence-corrected chi connectivity index (χ4v) is 2.42. The summed E-state index contributed by atoms with van der Waals surface area (Å²) >= 11 is 0. The lowest BCUT2D eigenvalue weighted by Crippen LogP contribution is -2.37. The highest BCUT2D eigenvalue weighted by Gasteiger charge is 2.25. The summed E-state index contributed by atoms with van der Waals surface area (Å²) in [7, 11) is 0. The quantitative estimate of drug-likeness (QED) is 0.893. The number of hydrogen-bond donors (Lipinski definition) is 1. The molecule has 0 aliphatic carbocycles. The summed E-state index contributed by atoms with van der Waals surface area (Å²) in [6.07, 6.45) is 1.06. The zero-order chi connectivity index (χ0) is 13.2. The Balaban J connectivity index is 1.79. The second-order valence-corrected chi connectivity index (χ2v) is 4.83. The number of anilines is 1. The lowest BCUT2D eigenvalue weighted by Gasteiger charge is -2.26. The van der Waals surface area contributed by atoms with Gasteiger partial charge in [0.25, 0.3) is 0 Å². The van der Waals surface area contributed by atoms with Crippen LogP contribution >= 0.6 is 0 Å². The summed E-state index contributed by atoms with van der Waals surface area (Å²) in [4.78, 5) is 12.1. The maximum absolute atomic E-state index is 12.9. The van der Waals surface area contributed by atoms with E-state index in [1.807, 2.05) is 24.3 Å². The smallest absolute Gasteiger partial charge is 0.159 e. The Morgan fingerprint density at radius 2 is 1.84 bits per heavy atom. The molecule has 3 rings (SSSR count). The van der Waals surface area contributed by atoms with Gasteiger partial charge in [0.15, 0.2) is 5.78 Å². The van der Waals surface area contributed by atoms with Crippen LogP contribution in [-0.4, -0.2) is 11.8 Å². The molecule has 2 nitrogen and oxygen atoms in total. The summed E-state index contributed by atoms with van der Waals surface area (Å²) in [5.74, 6) is -0.0694. The van der Waals surface area contributed by atoms with Gasteiger partial charge in [0.2, 0.25) is 0 Å². The van der Waals surface area contributed by atoms with E-state index < -0.39 is 0 Å². The maximum atomic E-state index is 12.9. The number of nitrogens with one attached hydrogen (secondary N) is 1. The minimum atomic E-state index is -0.253. The highest BCUT2D eigenvalue weighted by molar-refractivity contribution is 5.92. The van der Waals surface area contributed by atoms with Crippen LogP contribution in [0.5, 0.6) is 0 Å². The van der Waals surface area contributed by atoms with E-state index in [-0.39, 0.29) is 17.6 Å². The Morgan fingerprint density at radius 1 is 1.11 bits per heavy atom. The number of ketones is 1. The molecule has 0 aromatic heterocycles. The predicted molar refractivity (Wildman–Crippen MR) is 72.7 cm³/mol. The molecule has 2 aromatic carbocycles. The Bertz CT molecular complexity index is 606. The van der Waals surface area contributed by atoms with Crippen molar-refractivity contribution in [1.29, 1.82) is 0 Å². The van der Waals surface area contributed by atoms with Gasteiger partial charge in [-0.1, -0.05) is 30.3 Å². The third-order valence-corrected chi connectivity index (χ3v) is 3.45. The number of benzene rings is 2. The van der Waals surface area contributed by atoms with Crippen molar-refractivity contribution in [2.24, 2.45) is 0 Å². The first kappa shape index (κ1) is 11.9. The van der Waals surface area contributed by atoms with Crippen molar-refractivity contribution < 1.29 is 9.18 Å². The lowest BCUT2D eigenvalue weighted by molar-refractivity contribution is -0.119. The van der Waals surface area contributed by atoms with E-state index in [9.17, 15) is 9.18 Å². The van der Waals surface area contributed by atoms with Gasteiger partial charge in [-0.3, -0.25) is 4.79 Å². The standard InChI is InChI=1S/C16H14FNO/c17-13-7-5-11(6-8-13)9-15-16(19)10-12-3-1-2-4-14(12)18-15/h1-8,15,18H,9-10H2/t15-/m1/s1. The van der Waals surface area contributed by atoms with Crippen LogP contribution in [0.1, 0.15) is 11.1 Å². The summed E-state index contributed by atoms with van der Waals surface area (Å²) in [6, 6.07) is 13.9. The van der Waals surface area contributed by atoms with E-state index in [0.717, 1.165) is 16.8 Å². The maximum Gasteiger partial charge on any atom is 0.159 e. The van der Waals surface area contributed by atoms with Gasteiger partial charge in [0.1, 0.15) is 5.82 Å². The van der Waals surface area contributed by atoms with E-state index in [1.165, 1.54) is 12.1 Å². The zero-order valence-electron chi connectivity index (χ0n) is 10.4. The summed E-state index contributed by atoms with van der Waals surface area (Å²) < 4.78 is 12.9. The largest absolute Gasteiger partial charge is 0.375 e. The molecule has 1 heterocycles. The molecule has 96 valence electrons. The zero-order valence-corrected chi connectivity index (χ0v) is 10.4. The van der Waals surface area contributed by atoms with Crippen LogP contribution in [0, 0.1) is 5.82 Å². The molecule has 0 spiro atoms. The Hall–Kier alpha value is -2.16. The van der Waals surface area contributed by atoms with Crippen LogP contribution in [0.2, 0.25) is 0 Å². The van der Waals surface area contributed by atoms with Gasteiger partial charge in [0.05, 0.1) is 6.04 Å². The van der Waals surface area contributed by atoms with E-state index in [0.29, 0.717) is 12.8 Å². The van der Waals surface area contributed by atoms with Crippen molar-refractivity contribution in [3.05, 3.63) is 65.5 Å². The van der Waals surface area contributed by atoms with Crippen LogP contribution in [-0.2, 0) is 17.6 Å². The summed E-state index contributed by atoms with van der Waals surface area (Å²) in [5, 5.41) is 3.27. The van der Waals surface area contributed by atoms with E-state index in [4.69, 9.17) is 0 Å². The number of carbonyl (C=O) groups excluding carboxylic acids is 1. The highest BCUT2D eigenvalue weighted by atomic mass is 19.1. The van der Waals surface area contributed by atoms with Gasteiger partial charge in [-0.25, -0.2) is 4.39 Å². The topological polar surface area (TPSA) is 29.1 Å². The summed E-state index contributed by atoms with van der Waals surface area (Å²) in [5.41, 5.74) is 3.03. The number of halogens is 1. The second kappa shape index (κ2) is 4.84.